The van der Waals surface area contributed by atoms with Gasteiger partial charge in [-0.05, 0) is 52.4 Å². The Balaban J connectivity index is 2.03. The minimum atomic E-state index is -0.437. The normalized spacial score (nSPS) is 23.8. The molecule has 0 bridgehead atoms. The van der Waals surface area contributed by atoms with Gasteiger partial charge in [0, 0.05) is 19.1 Å². The van der Waals surface area contributed by atoms with Crippen molar-refractivity contribution in [3.63, 3.8) is 0 Å². The average molecular weight is 282 g/mol. The van der Waals surface area contributed by atoms with Gasteiger partial charge >= 0.3 is 6.09 Å². The Hall–Kier alpha value is -1.03. The van der Waals surface area contributed by atoms with Crippen LogP contribution in [0, 0.1) is 5.92 Å². The Morgan fingerprint density at radius 2 is 1.75 bits per heavy atom. The lowest BCUT2D eigenvalue weighted by Crippen LogP contribution is -2.33. The maximum absolute atomic E-state index is 11.4. The van der Waals surface area contributed by atoms with Gasteiger partial charge in [-0.2, -0.15) is 0 Å². The molecule has 116 valence electrons. The number of hydrogen-bond donors (Lipinski definition) is 2. The summed E-state index contributed by atoms with van der Waals surface area (Å²) in [4.78, 5) is 11.4. The van der Waals surface area contributed by atoms with E-state index in [-0.39, 0.29) is 6.09 Å². The van der Waals surface area contributed by atoms with E-state index >= 15 is 0 Å². The highest BCUT2D eigenvalue weighted by molar-refractivity contribution is 5.67. The lowest BCUT2D eigenvalue weighted by Gasteiger charge is -2.26. The fraction of sp³-hybridized carbons (Fsp3) is 0.812. The molecule has 1 rings (SSSR count). The first-order valence-electron chi connectivity index (χ1n) is 7.72. The molecule has 0 radical (unpaired) electrons. The molecule has 0 aromatic heterocycles. The largest absolute Gasteiger partial charge is 0.444 e. The summed E-state index contributed by atoms with van der Waals surface area (Å²) in [6.45, 7) is 9.29. The van der Waals surface area contributed by atoms with Crippen LogP contribution in [-0.4, -0.2) is 30.8 Å². The van der Waals surface area contributed by atoms with Crippen molar-refractivity contribution in [2.24, 2.45) is 5.92 Å². The molecule has 1 amide bonds. The van der Waals surface area contributed by atoms with Crippen molar-refractivity contribution in [1.82, 2.24) is 10.6 Å². The molecule has 1 saturated carbocycles. The monoisotopic (exact) mass is 282 g/mol. The number of nitrogens with one attached hydrogen (secondary N) is 2. The van der Waals surface area contributed by atoms with Crippen molar-refractivity contribution in [2.75, 3.05) is 13.1 Å². The van der Waals surface area contributed by atoms with Gasteiger partial charge in [0.05, 0.1) is 0 Å². The minimum Gasteiger partial charge on any atom is -0.444 e. The van der Waals surface area contributed by atoms with Gasteiger partial charge in [0.15, 0.2) is 0 Å². The molecular formula is C16H30N2O2. The number of hydrogen-bond acceptors (Lipinski definition) is 3. The zero-order chi connectivity index (χ0) is 15.0. The zero-order valence-corrected chi connectivity index (χ0v) is 13.4. The molecule has 0 atom stereocenters. The van der Waals surface area contributed by atoms with Gasteiger partial charge in [0.2, 0.25) is 0 Å². The third-order valence-corrected chi connectivity index (χ3v) is 3.47. The van der Waals surface area contributed by atoms with Gasteiger partial charge in [0.25, 0.3) is 0 Å². The number of rotatable bonds is 5. The van der Waals surface area contributed by atoms with Crippen molar-refractivity contribution >= 4 is 6.09 Å². The molecule has 0 unspecified atom stereocenters. The van der Waals surface area contributed by atoms with Crippen LogP contribution in [-0.2, 0) is 4.74 Å². The number of carbonyl (C=O) groups is 1. The van der Waals surface area contributed by atoms with E-state index in [1.165, 1.54) is 25.7 Å². The van der Waals surface area contributed by atoms with E-state index in [1.54, 1.807) is 0 Å². The first kappa shape index (κ1) is 17.0. The lowest BCUT2D eigenvalue weighted by atomic mass is 9.87. The molecule has 0 aromatic rings. The molecule has 0 aromatic carbocycles. The van der Waals surface area contributed by atoms with Crippen molar-refractivity contribution in [3.8, 4) is 0 Å². The molecule has 0 spiro atoms. The second-order valence-corrected chi connectivity index (χ2v) is 6.72. The molecule has 1 fully saturated rings. The summed E-state index contributed by atoms with van der Waals surface area (Å²) < 4.78 is 5.15. The summed E-state index contributed by atoms with van der Waals surface area (Å²) in [5, 5.41) is 6.25. The zero-order valence-electron chi connectivity index (χ0n) is 13.4. The molecule has 1 aliphatic carbocycles. The topological polar surface area (TPSA) is 50.4 Å². The summed E-state index contributed by atoms with van der Waals surface area (Å²) >= 11 is 0. The van der Waals surface area contributed by atoms with E-state index in [4.69, 9.17) is 4.74 Å². The summed E-state index contributed by atoms with van der Waals surface area (Å²) in [5.74, 6) is 0.890. The minimum absolute atomic E-state index is 0.364. The fourth-order valence-electron chi connectivity index (χ4n) is 2.32. The average Bonchev–Trinajstić information content (AvgIpc) is 2.33. The third-order valence-electron chi connectivity index (χ3n) is 3.47. The number of carbonyl (C=O) groups excluding carboxylic acids is 1. The van der Waals surface area contributed by atoms with Crippen LogP contribution in [0.3, 0.4) is 0 Å². The second-order valence-electron chi connectivity index (χ2n) is 6.72. The van der Waals surface area contributed by atoms with Crippen LogP contribution >= 0.6 is 0 Å². The van der Waals surface area contributed by atoms with Crippen LogP contribution in [0.1, 0.15) is 53.4 Å². The lowest BCUT2D eigenvalue weighted by molar-refractivity contribution is 0.0534. The Bertz CT molecular complexity index is 313. The second kappa shape index (κ2) is 8.30. The van der Waals surface area contributed by atoms with Crippen molar-refractivity contribution in [1.29, 1.82) is 0 Å². The van der Waals surface area contributed by atoms with Gasteiger partial charge in [-0.25, -0.2) is 4.79 Å². The highest BCUT2D eigenvalue weighted by atomic mass is 16.6. The summed E-state index contributed by atoms with van der Waals surface area (Å²) in [6, 6.07) is 0.662. The number of ether oxygens (including phenoxy) is 1. The summed E-state index contributed by atoms with van der Waals surface area (Å²) in [5.41, 5.74) is -0.437. The molecule has 1 aliphatic rings. The van der Waals surface area contributed by atoms with Crippen LogP contribution in [0.15, 0.2) is 12.2 Å². The van der Waals surface area contributed by atoms with Crippen LogP contribution in [0.25, 0.3) is 0 Å². The van der Waals surface area contributed by atoms with Crippen molar-refractivity contribution in [3.05, 3.63) is 12.2 Å². The van der Waals surface area contributed by atoms with Crippen LogP contribution < -0.4 is 10.6 Å². The van der Waals surface area contributed by atoms with Crippen molar-refractivity contribution < 1.29 is 9.53 Å². The molecular weight excluding hydrogens is 252 g/mol. The van der Waals surface area contributed by atoms with Crippen LogP contribution in [0.5, 0.6) is 0 Å². The summed E-state index contributed by atoms with van der Waals surface area (Å²) in [6.07, 6.45) is 8.90. The highest BCUT2D eigenvalue weighted by Crippen LogP contribution is 2.23. The smallest absolute Gasteiger partial charge is 0.407 e. The Morgan fingerprint density at radius 3 is 2.35 bits per heavy atom. The predicted molar refractivity (Wildman–Crippen MR) is 82.8 cm³/mol. The van der Waals surface area contributed by atoms with E-state index in [2.05, 4.69) is 23.6 Å². The molecule has 4 heteroatoms. The van der Waals surface area contributed by atoms with E-state index in [9.17, 15) is 4.79 Å². The van der Waals surface area contributed by atoms with Gasteiger partial charge in [0.1, 0.15) is 5.60 Å². The molecule has 0 heterocycles. The van der Waals surface area contributed by atoms with E-state index in [0.29, 0.717) is 12.6 Å². The third kappa shape index (κ3) is 8.20. The van der Waals surface area contributed by atoms with Crippen LogP contribution in [0.2, 0.25) is 0 Å². The molecule has 2 N–H and O–H groups in total. The van der Waals surface area contributed by atoms with E-state index < -0.39 is 5.60 Å². The van der Waals surface area contributed by atoms with Gasteiger partial charge in [-0.3, -0.25) is 0 Å². The maximum Gasteiger partial charge on any atom is 0.407 e. The van der Waals surface area contributed by atoms with Gasteiger partial charge in [-0.1, -0.05) is 19.1 Å². The fourth-order valence-corrected chi connectivity index (χ4v) is 2.32. The summed E-state index contributed by atoms with van der Waals surface area (Å²) in [7, 11) is 0. The molecule has 0 saturated heterocycles. The first-order chi connectivity index (χ1) is 9.37. The number of alkyl carbamates (subject to hydrolysis) is 1. The quantitative estimate of drug-likeness (QED) is 0.761. The Kier molecular flexibility index (Phi) is 7.06. The van der Waals surface area contributed by atoms with Crippen LogP contribution in [0.4, 0.5) is 4.79 Å². The maximum atomic E-state index is 11.4. The van der Waals surface area contributed by atoms with Crippen molar-refractivity contribution in [2.45, 2.75) is 65.0 Å². The predicted octanol–water partition coefficient (Wildman–Crippen LogP) is 3.24. The standard InChI is InChI=1S/C16H30N2O2/c1-13-7-9-14(10-8-13)17-11-5-6-12-18-15(19)20-16(2,3)4/h5-6,13-14,17H,7-12H2,1-4H3,(H,18,19)/b6-5+. The molecule has 4 nitrogen and oxygen atoms in total. The Morgan fingerprint density at radius 1 is 1.15 bits per heavy atom. The van der Waals surface area contributed by atoms with Gasteiger partial charge < -0.3 is 15.4 Å². The Labute approximate surface area is 123 Å². The SMILES string of the molecule is CC1CCC(NC/C=C/CNC(=O)OC(C)(C)C)CC1. The first-order valence-corrected chi connectivity index (χ1v) is 7.72. The van der Waals surface area contributed by atoms with Gasteiger partial charge in [-0.15, -0.1) is 0 Å². The molecule has 20 heavy (non-hydrogen) atoms. The molecule has 0 aliphatic heterocycles. The van der Waals surface area contributed by atoms with E-state index in [0.717, 1.165) is 12.5 Å². The van der Waals surface area contributed by atoms with E-state index in [1.807, 2.05) is 26.8 Å². The highest BCUT2D eigenvalue weighted by Gasteiger charge is 2.17. The number of amides is 1.